The Balaban J connectivity index is 1.44. The minimum Gasteiger partial charge on any atom is -0.494 e. The Bertz CT molecular complexity index is 598. The van der Waals surface area contributed by atoms with Crippen LogP contribution in [0, 0.1) is 5.92 Å². The molecule has 4 heteroatoms. The Morgan fingerprint density at radius 2 is 1.91 bits per heavy atom. The third-order valence-electron chi connectivity index (χ3n) is 4.38. The van der Waals surface area contributed by atoms with Gasteiger partial charge in [0.1, 0.15) is 5.75 Å². The van der Waals surface area contributed by atoms with Gasteiger partial charge in [0.15, 0.2) is 5.76 Å². The van der Waals surface area contributed by atoms with E-state index in [-0.39, 0.29) is 5.91 Å². The van der Waals surface area contributed by atoms with Crippen LogP contribution in [-0.2, 0) is 0 Å². The van der Waals surface area contributed by atoms with Crippen LogP contribution in [0.1, 0.15) is 49.1 Å². The lowest BCUT2D eigenvalue weighted by molar-refractivity contribution is 0.0996. The van der Waals surface area contributed by atoms with Gasteiger partial charge >= 0.3 is 0 Å². The third kappa shape index (κ3) is 4.62. The number of furan rings is 1. The van der Waals surface area contributed by atoms with E-state index >= 15 is 0 Å². The molecule has 1 saturated carbocycles. The molecule has 0 bridgehead atoms. The quantitative estimate of drug-likeness (QED) is 0.826. The van der Waals surface area contributed by atoms with Gasteiger partial charge in [-0.1, -0.05) is 32.1 Å². The fraction of sp³-hybridized carbons (Fsp3) is 0.421. The number of rotatable bonds is 6. The molecule has 23 heavy (non-hydrogen) atoms. The van der Waals surface area contributed by atoms with Crippen LogP contribution >= 0.6 is 0 Å². The molecule has 1 N–H and O–H groups in total. The van der Waals surface area contributed by atoms with E-state index in [2.05, 4.69) is 5.32 Å². The van der Waals surface area contributed by atoms with Crippen molar-refractivity contribution in [3.8, 4) is 5.75 Å². The highest BCUT2D eigenvalue weighted by Crippen LogP contribution is 2.26. The lowest BCUT2D eigenvalue weighted by Gasteiger charge is -2.21. The molecule has 1 aromatic carbocycles. The molecule has 1 aliphatic rings. The van der Waals surface area contributed by atoms with Gasteiger partial charge in [-0.2, -0.15) is 0 Å². The predicted molar refractivity (Wildman–Crippen MR) is 89.8 cm³/mol. The van der Waals surface area contributed by atoms with Crippen molar-refractivity contribution in [1.29, 1.82) is 0 Å². The van der Waals surface area contributed by atoms with E-state index in [1.807, 2.05) is 24.3 Å². The SMILES string of the molecule is O=C(Nc1ccc(OCCC2CCCCC2)cc1)c1ccco1. The van der Waals surface area contributed by atoms with E-state index in [0.29, 0.717) is 5.76 Å². The third-order valence-corrected chi connectivity index (χ3v) is 4.38. The fourth-order valence-electron chi connectivity index (χ4n) is 3.05. The van der Waals surface area contributed by atoms with E-state index in [1.54, 1.807) is 12.1 Å². The largest absolute Gasteiger partial charge is 0.494 e. The Morgan fingerprint density at radius 1 is 1.13 bits per heavy atom. The summed E-state index contributed by atoms with van der Waals surface area (Å²) in [5.41, 5.74) is 0.728. The molecule has 3 rings (SSSR count). The Labute approximate surface area is 136 Å². The maximum absolute atomic E-state index is 11.9. The van der Waals surface area contributed by atoms with Gasteiger partial charge in [-0.25, -0.2) is 0 Å². The zero-order valence-corrected chi connectivity index (χ0v) is 13.3. The molecule has 1 heterocycles. The molecule has 1 aromatic heterocycles. The summed E-state index contributed by atoms with van der Waals surface area (Å²) in [6.45, 7) is 0.767. The Kier molecular flexibility index (Phi) is 5.35. The molecule has 4 nitrogen and oxygen atoms in total. The first-order chi connectivity index (χ1) is 11.3. The molecule has 0 spiro atoms. The van der Waals surface area contributed by atoms with Crippen LogP contribution in [0.15, 0.2) is 47.1 Å². The van der Waals surface area contributed by atoms with Gasteiger partial charge in [0.05, 0.1) is 12.9 Å². The number of carbonyl (C=O) groups excluding carboxylic acids is 1. The highest BCUT2D eigenvalue weighted by Gasteiger charge is 2.13. The molecule has 0 radical (unpaired) electrons. The molecule has 1 amide bonds. The second kappa shape index (κ2) is 7.86. The molecule has 0 aliphatic heterocycles. The molecule has 0 unspecified atom stereocenters. The minimum atomic E-state index is -0.249. The van der Waals surface area contributed by atoms with Crippen LogP contribution in [0.3, 0.4) is 0 Å². The van der Waals surface area contributed by atoms with E-state index in [0.717, 1.165) is 30.4 Å². The number of benzene rings is 1. The summed E-state index contributed by atoms with van der Waals surface area (Å²) >= 11 is 0. The van der Waals surface area contributed by atoms with E-state index < -0.39 is 0 Å². The summed E-state index contributed by atoms with van der Waals surface area (Å²) in [5.74, 6) is 1.73. The van der Waals surface area contributed by atoms with Gasteiger partial charge in [0, 0.05) is 5.69 Å². The van der Waals surface area contributed by atoms with Crippen molar-refractivity contribution in [3.05, 3.63) is 48.4 Å². The standard InChI is InChI=1S/C19H23NO3/c21-19(18-7-4-13-23-18)20-16-8-10-17(11-9-16)22-14-12-15-5-2-1-3-6-15/h4,7-11,13,15H,1-3,5-6,12,14H2,(H,20,21). The minimum absolute atomic E-state index is 0.249. The molecular formula is C19H23NO3. The van der Waals surface area contributed by atoms with Crippen LogP contribution < -0.4 is 10.1 Å². The fourth-order valence-corrected chi connectivity index (χ4v) is 3.05. The van der Waals surface area contributed by atoms with Crippen molar-refractivity contribution in [2.75, 3.05) is 11.9 Å². The highest BCUT2D eigenvalue weighted by molar-refractivity contribution is 6.02. The summed E-state index contributed by atoms with van der Waals surface area (Å²) in [7, 11) is 0. The van der Waals surface area contributed by atoms with Crippen LogP contribution in [0.2, 0.25) is 0 Å². The number of carbonyl (C=O) groups is 1. The molecule has 122 valence electrons. The Morgan fingerprint density at radius 3 is 2.61 bits per heavy atom. The van der Waals surface area contributed by atoms with Gasteiger partial charge in [-0.15, -0.1) is 0 Å². The molecule has 1 aliphatic carbocycles. The molecule has 0 atom stereocenters. The summed E-state index contributed by atoms with van der Waals surface area (Å²) < 4.78 is 10.9. The number of anilines is 1. The summed E-state index contributed by atoms with van der Waals surface area (Å²) in [6.07, 6.45) is 9.45. The monoisotopic (exact) mass is 313 g/mol. The average molecular weight is 313 g/mol. The zero-order chi connectivity index (χ0) is 15.9. The summed E-state index contributed by atoms with van der Waals surface area (Å²) in [6, 6.07) is 10.8. The number of ether oxygens (including phenoxy) is 1. The van der Waals surface area contributed by atoms with Crippen molar-refractivity contribution in [2.45, 2.75) is 38.5 Å². The van der Waals surface area contributed by atoms with Crippen LogP contribution in [-0.4, -0.2) is 12.5 Å². The van der Waals surface area contributed by atoms with Crippen LogP contribution in [0.4, 0.5) is 5.69 Å². The Hall–Kier alpha value is -2.23. The summed E-state index contributed by atoms with van der Waals surface area (Å²) in [4.78, 5) is 11.9. The van der Waals surface area contributed by atoms with Crippen molar-refractivity contribution in [3.63, 3.8) is 0 Å². The van der Waals surface area contributed by atoms with Gasteiger partial charge in [0.25, 0.3) is 5.91 Å². The number of hydrogen-bond donors (Lipinski definition) is 1. The number of nitrogens with one attached hydrogen (secondary N) is 1. The van der Waals surface area contributed by atoms with Crippen molar-refractivity contribution < 1.29 is 13.9 Å². The maximum Gasteiger partial charge on any atom is 0.291 e. The molecule has 1 fully saturated rings. The second-order valence-corrected chi connectivity index (χ2v) is 6.10. The van der Waals surface area contributed by atoms with Crippen LogP contribution in [0.5, 0.6) is 5.75 Å². The smallest absolute Gasteiger partial charge is 0.291 e. The van der Waals surface area contributed by atoms with Crippen molar-refractivity contribution in [2.24, 2.45) is 5.92 Å². The van der Waals surface area contributed by atoms with Gasteiger partial charge in [-0.05, 0) is 48.7 Å². The normalized spacial score (nSPS) is 15.3. The van der Waals surface area contributed by atoms with Gasteiger partial charge in [-0.3, -0.25) is 4.79 Å². The van der Waals surface area contributed by atoms with Gasteiger partial charge < -0.3 is 14.5 Å². The van der Waals surface area contributed by atoms with E-state index in [9.17, 15) is 4.79 Å². The zero-order valence-electron chi connectivity index (χ0n) is 13.3. The van der Waals surface area contributed by atoms with Gasteiger partial charge in [0.2, 0.25) is 0 Å². The average Bonchev–Trinajstić information content (AvgIpc) is 3.12. The maximum atomic E-state index is 11.9. The molecular weight excluding hydrogens is 290 g/mol. The lowest BCUT2D eigenvalue weighted by Crippen LogP contribution is -2.11. The van der Waals surface area contributed by atoms with Crippen molar-refractivity contribution in [1.82, 2.24) is 0 Å². The van der Waals surface area contributed by atoms with E-state index in [4.69, 9.17) is 9.15 Å². The predicted octanol–water partition coefficient (Wildman–Crippen LogP) is 4.88. The number of amides is 1. The first-order valence-electron chi connectivity index (χ1n) is 8.39. The topological polar surface area (TPSA) is 51.5 Å². The molecule has 0 saturated heterocycles. The lowest BCUT2D eigenvalue weighted by atomic mass is 9.87. The molecule has 2 aromatic rings. The first kappa shape index (κ1) is 15.7. The second-order valence-electron chi connectivity index (χ2n) is 6.10. The number of hydrogen-bond acceptors (Lipinski definition) is 3. The summed E-state index contributed by atoms with van der Waals surface area (Å²) in [5, 5.41) is 2.79. The van der Waals surface area contributed by atoms with Crippen molar-refractivity contribution >= 4 is 11.6 Å². The first-order valence-corrected chi connectivity index (χ1v) is 8.39. The van der Waals surface area contributed by atoms with Crippen LogP contribution in [0.25, 0.3) is 0 Å². The highest BCUT2D eigenvalue weighted by atomic mass is 16.5. The van der Waals surface area contributed by atoms with E-state index in [1.165, 1.54) is 38.4 Å².